The highest BCUT2D eigenvalue weighted by Crippen LogP contribution is 2.40. The highest BCUT2D eigenvalue weighted by Gasteiger charge is 2.28. The molecule has 8 nitrogen and oxygen atoms in total. The molecule has 0 bridgehead atoms. The fourth-order valence-electron chi connectivity index (χ4n) is 3.43. The Morgan fingerprint density at radius 1 is 1.15 bits per heavy atom. The number of anilines is 1. The van der Waals surface area contributed by atoms with E-state index >= 15 is 0 Å². The molecule has 3 rings (SSSR count). The van der Waals surface area contributed by atoms with Crippen LogP contribution < -0.4 is 4.31 Å². The summed E-state index contributed by atoms with van der Waals surface area (Å²) in [7, 11) is -2.49. The highest BCUT2D eigenvalue weighted by atomic mass is 32.2. The number of hydrogen-bond donors (Lipinski definition) is 0. The minimum Gasteiger partial charge on any atom is -0.273 e. The molecule has 1 aliphatic rings. The summed E-state index contributed by atoms with van der Waals surface area (Å²) >= 11 is 0. The molecule has 1 unspecified atom stereocenters. The number of imidazole rings is 1. The first-order valence-electron chi connectivity index (χ1n) is 8.56. The Balaban J connectivity index is 2.05. The largest absolute Gasteiger partial charge is 0.308 e. The lowest BCUT2D eigenvalue weighted by Gasteiger charge is -2.29. The Labute approximate surface area is 160 Å². The summed E-state index contributed by atoms with van der Waals surface area (Å²) in [4.78, 5) is 4.34. The van der Waals surface area contributed by atoms with Gasteiger partial charge >= 0.3 is 10.2 Å². The van der Waals surface area contributed by atoms with Crippen LogP contribution in [0.2, 0.25) is 0 Å². The molecule has 1 heterocycles. The summed E-state index contributed by atoms with van der Waals surface area (Å²) in [6.07, 6.45) is 6.52. The summed E-state index contributed by atoms with van der Waals surface area (Å²) in [5.74, 6) is -0.0692. The van der Waals surface area contributed by atoms with E-state index in [4.69, 9.17) is 0 Å². The minimum atomic E-state index is -3.61. The Kier molecular flexibility index (Phi) is 5.08. The van der Waals surface area contributed by atoms with Crippen LogP contribution in [0.5, 0.6) is 0 Å². The van der Waals surface area contributed by atoms with E-state index in [1.807, 2.05) is 12.1 Å². The number of sulfonamides is 1. The lowest BCUT2D eigenvalue weighted by atomic mass is 9.80. The minimum absolute atomic E-state index is 0.0692. The molecular formula is C17H24N4O4S2. The zero-order valence-corrected chi connectivity index (χ0v) is 17.5. The second-order valence-electron chi connectivity index (χ2n) is 6.94. The van der Waals surface area contributed by atoms with Crippen LogP contribution in [0.15, 0.2) is 30.7 Å². The highest BCUT2D eigenvalue weighted by molar-refractivity contribution is 7.92. The summed E-state index contributed by atoms with van der Waals surface area (Å²) in [6.45, 7) is 0. The molecular weight excluding hydrogens is 388 g/mol. The van der Waals surface area contributed by atoms with E-state index in [-0.39, 0.29) is 5.92 Å². The van der Waals surface area contributed by atoms with Crippen LogP contribution in [0.4, 0.5) is 5.69 Å². The molecule has 0 radical (unpaired) electrons. The van der Waals surface area contributed by atoms with Crippen LogP contribution in [-0.4, -0.2) is 57.5 Å². The molecule has 0 spiro atoms. The van der Waals surface area contributed by atoms with Crippen LogP contribution in [0, 0.1) is 0 Å². The molecule has 27 heavy (non-hydrogen) atoms. The predicted octanol–water partition coefficient (Wildman–Crippen LogP) is 1.40. The van der Waals surface area contributed by atoms with Crippen molar-refractivity contribution in [1.29, 1.82) is 0 Å². The summed E-state index contributed by atoms with van der Waals surface area (Å²) in [6, 6.07) is 5.61. The SMILES string of the molecule is CN(c1cccc2c1CCCC2c1cn(S(=O)(=O)N(C)C)cn1)S(C)(=O)=O. The number of nitrogens with zero attached hydrogens (tertiary/aromatic N) is 4. The quantitative estimate of drug-likeness (QED) is 0.740. The molecule has 0 saturated carbocycles. The van der Waals surface area contributed by atoms with Gasteiger partial charge in [0.15, 0.2) is 0 Å². The Bertz CT molecular complexity index is 1060. The van der Waals surface area contributed by atoms with Crippen molar-refractivity contribution in [2.45, 2.75) is 25.2 Å². The van der Waals surface area contributed by atoms with E-state index in [0.29, 0.717) is 11.4 Å². The molecule has 1 atom stereocenters. The monoisotopic (exact) mass is 412 g/mol. The van der Waals surface area contributed by atoms with Crippen molar-refractivity contribution >= 4 is 25.9 Å². The molecule has 1 aromatic heterocycles. The topological polar surface area (TPSA) is 92.6 Å². The fourth-order valence-corrected chi connectivity index (χ4v) is 4.74. The second-order valence-corrected chi connectivity index (χ2v) is 11.0. The third-order valence-corrected chi connectivity index (χ3v) is 7.83. The maximum Gasteiger partial charge on any atom is 0.308 e. The number of hydrogen-bond acceptors (Lipinski definition) is 5. The molecule has 0 fully saturated rings. The number of aromatic nitrogens is 2. The first kappa shape index (κ1) is 19.8. The molecule has 0 amide bonds. The van der Waals surface area contributed by atoms with Gasteiger partial charge in [-0.25, -0.2) is 17.4 Å². The van der Waals surface area contributed by atoms with Crippen LogP contribution in [0.25, 0.3) is 0 Å². The van der Waals surface area contributed by atoms with Crippen LogP contribution >= 0.6 is 0 Å². The van der Waals surface area contributed by atoms with Crippen molar-refractivity contribution in [1.82, 2.24) is 13.3 Å². The zero-order valence-electron chi connectivity index (χ0n) is 15.8. The lowest BCUT2D eigenvalue weighted by Crippen LogP contribution is -2.28. The molecule has 10 heteroatoms. The van der Waals surface area contributed by atoms with E-state index in [2.05, 4.69) is 4.98 Å². The van der Waals surface area contributed by atoms with Gasteiger partial charge in [0.2, 0.25) is 10.0 Å². The Morgan fingerprint density at radius 3 is 2.48 bits per heavy atom. The van der Waals surface area contributed by atoms with E-state index in [1.54, 1.807) is 19.3 Å². The molecule has 0 aliphatic heterocycles. The smallest absolute Gasteiger partial charge is 0.273 e. The average molecular weight is 413 g/mol. The van der Waals surface area contributed by atoms with Crippen LogP contribution in [-0.2, 0) is 26.7 Å². The maximum atomic E-state index is 12.3. The lowest BCUT2D eigenvalue weighted by molar-refractivity contribution is 0.510. The van der Waals surface area contributed by atoms with E-state index in [1.165, 1.54) is 31.0 Å². The van der Waals surface area contributed by atoms with Gasteiger partial charge in [-0.2, -0.15) is 12.7 Å². The molecule has 1 aromatic carbocycles. The van der Waals surface area contributed by atoms with Gasteiger partial charge in [0.1, 0.15) is 6.33 Å². The van der Waals surface area contributed by atoms with Crippen LogP contribution in [0.3, 0.4) is 0 Å². The van der Waals surface area contributed by atoms with Gasteiger partial charge in [0.25, 0.3) is 0 Å². The predicted molar refractivity (Wildman–Crippen MR) is 105 cm³/mol. The van der Waals surface area contributed by atoms with Gasteiger partial charge in [0.05, 0.1) is 17.6 Å². The second kappa shape index (κ2) is 6.92. The van der Waals surface area contributed by atoms with Gasteiger partial charge in [-0.15, -0.1) is 0 Å². The maximum absolute atomic E-state index is 12.3. The summed E-state index contributed by atoms with van der Waals surface area (Å²) in [5, 5.41) is 0. The van der Waals surface area contributed by atoms with Crippen molar-refractivity contribution in [3.05, 3.63) is 47.5 Å². The number of rotatable bonds is 5. The molecule has 0 N–H and O–H groups in total. The third-order valence-electron chi connectivity index (χ3n) is 4.98. The molecule has 2 aromatic rings. The van der Waals surface area contributed by atoms with Gasteiger partial charge < -0.3 is 0 Å². The summed E-state index contributed by atoms with van der Waals surface area (Å²) in [5.41, 5.74) is 3.31. The van der Waals surface area contributed by atoms with Gasteiger partial charge in [-0.05, 0) is 36.5 Å². The van der Waals surface area contributed by atoms with Crippen molar-refractivity contribution in [3.8, 4) is 0 Å². The summed E-state index contributed by atoms with van der Waals surface area (Å²) < 4.78 is 52.1. The fraction of sp³-hybridized carbons (Fsp3) is 0.471. The molecule has 1 aliphatic carbocycles. The molecule has 148 valence electrons. The Morgan fingerprint density at radius 2 is 1.85 bits per heavy atom. The van der Waals surface area contributed by atoms with Gasteiger partial charge in [-0.1, -0.05) is 12.1 Å². The first-order chi connectivity index (χ1) is 12.5. The van der Waals surface area contributed by atoms with E-state index in [9.17, 15) is 16.8 Å². The number of fused-ring (bicyclic) bond motifs is 1. The van der Waals surface area contributed by atoms with Crippen molar-refractivity contribution < 1.29 is 16.8 Å². The zero-order chi connectivity index (χ0) is 20.0. The van der Waals surface area contributed by atoms with Crippen molar-refractivity contribution in [2.75, 3.05) is 31.7 Å². The van der Waals surface area contributed by atoms with Crippen molar-refractivity contribution in [3.63, 3.8) is 0 Å². The van der Waals surface area contributed by atoms with Crippen molar-refractivity contribution in [2.24, 2.45) is 0 Å². The Hall–Kier alpha value is -1.91. The molecule has 0 saturated heterocycles. The normalized spacial score (nSPS) is 17.7. The van der Waals surface area contributed by atoms with Gasteiger partial charge in [-0.3, -0.25) is 4.31 Å². The van der Waals surface area contributed by atoms with E-state index in [0.717, 1.165) is 38.7 Å². The standard InChI is InChI=1S/C17H24N4O4S2/c1-19(2)27(24,25)21-11-16(18-12-21)14-8-5-9-15-13(14)7-6-10-17(15)20(3)26(4,22)23/h6-7,10-12,14H,5,8-9H2,1-4H3. The third kappa shape index (κ3) is 3.61. The average Bonchev–Trinajstić information content (AvgIpc) is 3.09. The van der Waals surface area contributed by atoms with E-state index < -0.39 is 20.2 Å². The number of benzene rings is 1. The first-order valence-corrected chi connectivity index (χ1v) is 11.8. The van der Waals surface area contributed by atoms with Crippen LogP contribution in [0.1, 0.15) is 35.6 Å². The van der Waals surface area contributed by atoms with Gasteiger partial charge in [0, 0.05) is 33.3 Å².